The van der Waals surface area contributed by atoms with Crippen LogP contribution < -0.4 is 0 Å². The van der Waals surface area contributed by atoms with Crippen LogP contribution >= 0.6 is 0 Å². The average molecular weight is 485 g/mol. The van der Waals surface area contributed by atoms with Crippen molar-refractivity contribution in [1.82, 2.24) is 14.8 Å². The van der Waals surface area contributed by atoms with Crippen LogP contribution in [-0.2, 0) is 9.59 Å². The van der Waals surface area contributed by atoms with Crippen LogP contribution in [0.4, 0.5) is 4.39 Å². The molecule has 6 rings (SSSR count). The molecule has 0 N–H and O–H groups in total. The molecule has 1 atom stereocenters. The Hall–Kier alpha value is -3.61. The number of likely N-dealkylation sites (tertiary alicyclic amines) is 1. The van der Waals surface area contributed by atoms with Crippen molar-refractivity contribution in [3.05, 3.63) is 66.1 Å². The van der Waals surface area contributed by atoms with Gasteiger partial charge in [-0.15, -0.1) is 0 Å². The highest BCUT2D eigenvalue weighted by molar-refractivity contribution is 6.15. The van der Waals surface area contributed by atoms with Crippen molar-refractivity contribution < 1.29 is 14.0 Å². The summed E-state index contributed by atoms with van der Waals surface area (Å²) in [5.41, 5.74) is 1.86. The van der Waals surface area contributed by atoms with Crippen LogP contribution in [0.3, 0.4) is 0 Å². The quantitative estimate of drug-likeness (QED) is 0.529. The fourth-order valence-electron chi connectivity index (χ4n) is 5.42. The summed E-state index contributed by atoms with van der Waals surface area (Å²) >= 11 is 0. The van der Waals surface area contributed by atoms with E-state index in [4.69, 9.17) is 0 Å². The lowest BCUT2D eigenvalue weighted by atomic mass is 9.98. The highest BCUT2D eigenvalue weighted by Crippen LogP contribution is 2.35. The number of carbonyl (C=O) groups excluding carboxylic acids is 2. The number of carbonyl (C=O) groups is 2. The number of aromatic nitrogens is 1. The van der Waals surface area contributed by atoms with E-state index in [9.17, 15) is 9.59 Å². The fourth-order valence-corrected chi connectivity index (χ4v) is 5.42. The first-order chi connectivity index (χ1) is 17.3. The standard InChI is InChI=1S/C29H29FN4O2/c1-29(2)28(36)34(17-18-12-14-33(16-18)27(35)19-8-9-19)26(32-29)23-11-10-20(15-24(23)30)21-5-3-7-25-22(21)6-4-13-31-25/h3-7,10-11,13,15,18-19H,8-9,12,14,16-17H2,1-2H3. The second-order valence-corrected chi connectivity index (χ2v) is 10.7. The predicted octanol–water partition coefficient (Wildman–Crippen LogP) is 4.67. The molecule has 0 radical (unpaired) electrons. The van der Waals surface area contributed by atoms with Crippen molar-refractivity contribution in [1.29, 1.82) is 0 Å². The Morgan fingerprint density at radius 3 is 2.69 bits per heavy atom. The fraction of sp³-hybridized carbons (Fsp3) is 0.379. The molecule has 36 heavy (non-hydrogen) atoms. The Kier molecular flexibility index (Phi) is 5.39. The molecule has 2 amide bonds. The monoisotopic (exact) mass is 484 g/mol. The maximum Gasteiger partial charge on any atom is 0.255 e. The minimum absolute atomic E-state index is 0.131. The number of fused-ring (bicyclic) bond motifs is 1. The van der Waals surface area contributed by atoms with Crippen LogP contribution in [-0.4, -0.2) is 57.6 Å². The summed E-state index contributed by atoms with van der Waals surface area (Å²) in [6.45, 7) is 5.33. The van der Waals surface area contributed by atoms with E-state index < -0.39 is 11.4 Å². The van der Waals surface area contributed by atoms with Crippen LogP contribution in [0.15, 0.2) is 59.7 Å². The third-order valence-corrected chi connectivity index (χ3v) is 7.54. The van der Waals surface area contributed by atoms with Gasteiger partial charge in [0.15, 0.2) is 0 Å². The molecule has 2 aromatic carbocycles. The van der Waals surface area contributed by atoms with Gasteiger partial charge in [-0.25, -0.2) is 4.39 Å². The maximum atomic E-state index is 15.6. The summed E-state index contributed by atoms with van der Waals surface area (Å²) in [6, 6.07) is 14.8. The lowest BCUT2D eigenvalue weighted by molar-refractivity contribution is -0.131. The highest BCUT2D eigenvalue weighted by Gasteiger charge is 2.44. The van der Waals surface area contributed by atoms with Gasteiger partial charge in [-0.05, 0) is 74.4 Å². The van der Waals surface area contributed by atoms with Crippen molar-refractivity contribution in [3.8, 4) is 11.1 Å². The van der Waals surface area contributed by atoms with Gasteiger partial charge in [0.25, 0.3) is 5.91 Å². The number of nitrogens with zero attached hydrogens (tertiary/aromatic N) is 4. The van der Waals surface area contributed by atoms with Crippen molar-refractivity contribution >= 4 is 28.6 Å². The van der Waals surface area contributed by atoms with Gasteiger partial charge < -0.3 is 4.90 Å². The van der Waals surface area contributed by atoms with Crippen molar-refractivity contribution in [3.63, 3.8) is 0 Å². The minimum atomic E-state index is -0.954. The molecule has 1 saturated carbocycles. The molecule has 2 aliphatic heterocycles. The van der Waals surface area contributed by atoms with Gasteiger partial charge in [0, 0.05) is 37.1 Å². The smallest absolute Gasteiger partial charge is 0.255 e. The van der Waals surface area contributed by atoms with Crippen LogP contribution in [0.5, 0.6) is 0 Å². The molecular formula is C29H29FN4O2. The zero-order valence-corrected chi connectivity index (χ0v) is 20.6. The Morgan fingerprint density at radius 1 is 1.08 bits per heavy atom. The molecule has 3 aromatic rings. The Labute approximate surface area is 209 Å². The third-order valence-electron chi connectivity index (χ3n) is 7.54. The minimum Gasteiger partial charge on any atom is -0.342 e. The summed E-state index contributed by atoms with van der Waals surface area (Å²) in [6.07, 6.45) is 4.56. The number of hydrogen-bond donors (Lipinski definition) is 0. The van der Waals surface area contributed by atoms with Gasteiger partial charge in [-0.1, -0.05) is 24.3 Å². The first-order valence-electron chi connectivity index (χ1n) is 12.7. The van der Waals surface area contributed by atoms with E-state index in [-0.39, 0.29) is 23.7 Å². The average Bonchev–Trinajstić information content (AvgIpc) is 3.58. The van der Waals surface area contributed by atoms with E-state index in [1.807, 2.05) is 41.3 Å². The van der Waals surface area contributed by atoms with Gasteiger partial charge in [0.05, 0.1) is 11.1 Å². The second-order valence-electron chi connectivity index (χ2n) is 10.7. The Bertz CT molecular complexity index is 1410. The van der Waals surface area contributed by atoms with Gasteiger partial charge in [-0.3, -0.25) is 24.5 Å². The molecular weight excluding hydrogens is 455 g/mol. The SMILES string of the molecule is CC1(C)N=C(c2ccc(-c3cccc4ncccc34)cc2F)N(CC2CCN(C(=O)C3CC3)C2)C1=O. The molecule has 3 aliphatic rings. The number of pyridine rings is 1. The van der Waals surface area contributed by atoms with Gasteiger partial charge in [0.1, 0.15) is 17.2 Å². The van der Waals surface area contributed by atoms with E-state index in [1.165, 1.54) is 6.07 Å². The molecule has 1 saturated heterocycles. The molecule has 2 fully saturated rings. The van der Waals surface area contributed by atoms with Gasteiger partial charge >= 0.3 is 0 Å². The molecule has 3 heterocycles. The largest absolute Gasteiger partial charge is 0.342 e. The van der Waals surface area contributed by atoms with Crippen LogP contribution in [0, 0.1) is 17.7 Å². The first kappa shape index (κ1) is 22.8. The van der Waals surface area contributed by atoms with Gasteiger partial charge in [-0.2, -0.15) is 0 Å². The Morgan fingerprint density at radius 2 is 1.92 bits per heavy atom. The van der Waals surface area contributed by atoms with E-state index >= 15 is 4.39 Å². The molecule has 0 spiro atoms. The number of amides is 2. The lowest BCUT2D eigenvalue weighted by Crippen LogP contribution is -2.43. The normalized spacial score (nSPS) is 21.4. The number of halogens is 1. The summed E-state index contributed by atoms with van der Waals surface area (Å²) in [5, 5.41) is 0.954. The van der Waals surface area contributed by atoms with Crippen molar-refractivity contribution in [2.45, 2.75) is 38.6 Å². The molecule has 1 aliphatic carbocycles. The Balaban J connectivity index is 1.28. The van der Waals surface area contributed by atoms with Crippen molar-refractivity contribution in [2.24, 2.45) is 16.8 Å². The molecule has 0 bridgehead atoms. The second kappa shape index (κ2) is 8.50. The summed E-state index contributed by atoms with van der Waals surface area (Å²) < 4.78 is 15.6. The highest BCUT2D eigenvalue weighted by atomic mass is 19.1. The lowest BCUT2D eigenvalue weighted by Gasteiger charge is -2.25. The molecule has 1 aromatic heterocycles. The molecule has 6 nitrogen and oxygen atoms in total. The zero-order valence-electron chi connectivity index (χ0n) is 20.6. The van der Waals surface area contributed by atoms with Crippen molar-refractivity contribution in [2.75, 3.05) is 19.6 Å². The van der Waals surface area contributed by atoms with Crippen LogP contribution in [0.25, 0.3) is 22.0 Å². The topological polar surface area (TPSA) is 65.9 Å². The van der Waals surface area contributed by atoms with Crippen LogP contribution in [0.1, 0.15) is 38.7 Å². The molecule has 7 heteroatoms. The van der Waals surface area contributed by atoms with E-state index in [1.54, 1.807) is 31.0 Å². The summed E-state index contributed by atoms with van der Waals surface area (Å²) in [5.74, 6) is 0.414. The molecule has 184 valence electrons. The molecule has 1 unspecified atom stereocenters. The number of rotatable bonds is 5. The number of benzene rings is 2. The summed E-state index contributed by atoms with van der Waals surface area (Å²) in [4.78, 5) is 38.4. The predicted molar refractivity (Wildman–Crippen MR) is 137 cm³/mol. The van der Waals surface area contributed by atoms with Crippen LogP contribution in [0.2, 0.25) is 0 Å². The number of hydrogen-bond acceptors (Lipinski definition) is 4. The summed E-state index contributed by atoms with van der Waals surface area (Å²) in [7, 11) is 0. The van der Waals surface area contributed by atoms with E-state index in [2.05, 4.69) is 9.98 Å². The maximum absolute atomic E-state index is 15.6. The third kappa shape index (κ3) is 3.96. The number of amidine groups is 1. The zero-order chi connectivity index (χ0) is 25.0. The van der Waals surface area contributed by atoms with Gasteiger partial charge in [0.2, 0.25) is 5.91 Å². The van der Waals surface area contributed by atoms with E-state index in [0.717, 1.165) is 47.8 Å². The number of aliphatic imine (C=N–C) groups is 1. The van der Waals surface area contributed by atoms with E-state index in [0.29, 0.717) is 24.5 Å². The first-order valence-corrected chi connectivity index (χ1v) is 12.7.